The Labute approximate surface area is 204 Å². The molecule has 1 unspecified atom stereocenters. The van der Waals surface area contributed by atoms with Crippen molar-refractivity contribution in [3.63, 3.8) is 0 Å². The molecule has 174 valence electrons. The van der Waals surface area contributed by atoms with E-state index >= 15 is 0 Å². The van der Waals surface area contributed by atoms with Crippen molar-refractivity contribution in [2.24, 2.45) is 5.41 Å². The lowest BCUT2D eigenvalue weighted by Gasteiger charge is -2.40. The summed E-state index contributed by atoms with van der Waals surface area (Å²) in [6.07, 6.45) is 10.0. The first-order valence-electron chi connectivity index (χ1n) is 12.9. The molecule has 1 atom stereocenters. The molecule has 3 aliphatic rings. The van der Waals surface area contributed by atoms with Gasteiger partial charge in [0.1, 0.15) is 0 Å². The summed E-state index contributed by atoms with van der Waals surface area (Å²) >= 11 is 0. The average molecular weight is 450 g/mol. The fourth-order valence-electron chi connectivity index (χ4n) is 6.63. The van der Waals surface area contributed by atoms with Crippen LogP contribution in [0.25, 0.3) is 5.70 Å². The summed E-state index contributed by atoms with van der Waals surface area (Å²) < 4.78 is 0. The summed E-state index contributed by atoms with van der Waals surface area (Å²) in [5.41, 5.74) is 10.2. The van der Waals surface area contributed by atoms with Gasteiger partial charge >= 0.3 is 0 Å². The molecule has 34 heavy (non-hydrogen) atoms. The number of aromatic nitrogens is 1. The van der Waals surface area contributed by atoms with Crippen LogP contribution in [0.1, 0.15) is 59.4 Å². The third-order valence-electron chi connectivity index (χ3n) is 8.79. The topological polar surface area (TPSA) is 19.4 Å². The first kappa shape index (κ1) is 21.5. The molecule has 1 aromatic heterocycles. The second-order valence-electron chi connectivity index (χ2n) is 10.7. The lowest BCUT2D eigenvalue weighted by atomic mass is 9.77. The van der Waals surface area contributed by atoms with Crippen molar-refractivity contribution in [1.29, 1.82) is 0 Å². The predicted octanol–water partition coefficient (Wildman–Crippen LogP) is 6.43. The summed E-state index contributed by atoms with van der Waals surface area (Å²) in [7, 11) is 0. The molecule has 1 aliphatic carbocycles. The summed E-state index contributed by atoms with van der Waals surface area (Å²) in [6.45, 7) is 11.4. The van der Waals surface area contributed by atoms with Crippen molar-refractivity contribution >= 4 is 11.4 Å². The zero-order valence-electron chi connectivity index (χ0n) is 20.3. The summed E-state index contributed by atoms with van der Waals surface area (Å²) in [6, 6.07) is 20.3. The molecule has 0 radical (unpaired) electrons. The number of anilines is 1. The van der Waals surface area contributed by atoms with Crippen LogP contribution in [-0.2, 0) is 6.42 Å². The van der Waals surface area contributed by atoms with Crippen molar-refractivity contribution in [2.45, 2.75) is 44.9 Å². The van der Waals surface area contributed by atoms with Crippen LogP contribution in [-0.4, -0.2) is 36.1 Å². The molecule has 2 fully saturated rings. The Bertz CT molecular complexity index is 1190. The summed E-state index contributed by atoms with van der Waals surface area (Å²) in [4.78, 5) is 9.27. The standard InChI is InChI=1S/C31H35N3/c1-23-5-3-4-6-28(23)29-10-9-25-7-8-26(21-30(25)29)24(2)34-20-15-31(22-34)13-18-33(19-14-31)27-11-16-32-17-12-27/h3-8,11-12,16-17,21,29H,2,9-10,13-15,18-20,22H2,1H3. The van der Waals surface area contributed by atoms with Crippen LogP contribution in [0.5, 0.6) is 0 Å². The van der Waals surface area contributed by atoms with E-state index < -0.39 is 0 Å². The van der Waals surface area contributed by atoms with Crippen molar-refractivity contribution in [3.05, 3.63) is 101 Å². The average Bonchev–Trinajstić information content (AvgIpc) is 3.49. The number of rotatable bonds is 4. The maximum atomic E-state index is 4.60. The fourth-order valence-corrected chi connectivity index (χ4v) is 6.63. The maximum absolute atomic E-state index is 4.60. The number of fused-ring (bicyclic) bond motifs is 1. The van der Waals surface area contributed by atoms with E-state index in [1.165, 1.54) is 71.3 Å². The first-order chi connectivity index (χ1) is 16.6. The van der Waals surface area contributed by atoms with Crippen LogP contribution in [0.15, 0.2) is 73.6 Å². The van der Waals surface area contributed by atoms with Gasteiger partial charge in [-0.05, 0) is 90.5 Å². The minimum Gasteiger partial charge on any atom is -0.371 e. The van der Waals surface area contributed by atoms with Gasteiger partial charge in [-0.25, -0.2) is 0 Å². The molecule has 3 nitrogen and oxygen atoms in total. The van der Waals surface area contributed by atoms with Gasteiger partial charge in [0.25, 0.3) is 0 Å². The lowest BCUT2D eigenvalue weighted by molar-refractivity contribution is 0.231. The van der Waals surface area contributed by atoms with Gasteiger partial charge in [-0.1, -0.05) is 43.0 Å². The minimum absolute atomic E-state index is 0.437. The van der Waals surface area contributed by atoms with E-state index in [2.05, 4.69) is 82.9 Å². The van der Waals surface area contributed by atoms with Crippen LogP contribution in [0, 0.1) is 12.3 Å². The van der Waals surface area contributed by atoms with Gasteiger partial charge in [0.05, 0.1) is 0 Å². The van der Waals surface area contributed by atoms with E-state index in [1.807, 2.05) is 12.4 Å². The largest absolute Gasteiger partial charge is 0.371 e. The summed E-state index contributed by atoms with van der Waals surface area (Å²) in [5, 5.41) is 0. The maximum Gasteiger partial charge on any atom is 0.0397 e. The number of likely N-dealkylation sites (tertiary alicyclic amines) is 1. The smallest absolute Gasteiger partial charge is 0.0397 e. The molecule has 0 N–H and O–H groups in total. The van der Waals surface area contributed by atoms with E-state index in [-0.39, 0.29) is 0 Å². The Morgan fingerprint density at radius 3 is 2.50 bits per heavy atom. The normalized spacial score (nSPS) is 21.1. The van der Waals surface area contributed by atoms with E-state index in [9.17, 15) is 0 Å². The second-order valence-corrected chi connectivity index (χ2v) is 10.7. The fraction of sp³-hybridized carbons (Fsp3) is 0.387. The summed E-state index contributed by atoms with van der Waals surface area (Å²) in [5.74, 6) is 0.520. The SMILES string of the molecule is C=C(c1ccc2c(c1)C(c1ccccc1C)CC2)N1CCC2(CCN(c3ccncc3)CC2)C1. The molecule has 0 amide bonds. The molecule has 3 heteroatoms. The highest BCUT2D eigenvalue weighted by Gasteiger charge is 2.41. The van der Waals surface area contributed by atoms with Crippen LogP contribution < -0.4 is 4.90 Å². The molecule has 2 aliphatic heterocycles. The van der Waals surface area contributed by atoms with Crippen molar-refractivity contribution in [3.8, 4) is 0 Å². The Morgan fingerprint density at radius 1 is 0.941 bits per heavy atom. The number of benzene rings is 2. The van der Waals surface area contributed by atoms with Gasteiger partial charge < -0.3 is 9.80 Å². The van der Waals surface area contributed by atoms with Crippen molar-refractivity contribution in [2.75, 3.05) is 31.1 Å². The zero-order chi connectivity index (χ0) is 23.1. The third-order valence-corrected chi connectivity index (χ3v) is 8.79. The zero-order valence-corrected chi connectivity index (χ0v) is 20.3. The number of nitrogens with zero attached hydrogens (tertiary/aromatic N) is 3. The molecule has 3 aromatic rings. The lowest BCUT2D eigenvalue weighted by Crippen LogP contribution is -2.41. The number of piperidine rings is 1. The van der Waals surface area contributed by atoms with Gasteiger partial charge in [-0.2, -0.15) is 0 Å². The van der Waals surface area contributed by atoms with Crippen LogP contribution in [0.4, 0.5) is 5.69 Å². The number of hydrogen-bond donors (Lipinski definition) is 0. The highest BCUT2D eigenvalue weighted by molar-refractivity contribution is 5.65. The van der Waals surface area contributed by atoms with E-state index in [0.29, 0.717) is 11.3 Å². The number of aryl methyl sites for hydroxylation is 2. The molecule has 3 heterocycles. The Hall–Kier alpha value is -3.07. The molecule has 1 spiro atoms. The van der Waals surface area contributed by atoms with Crippen molar-refractivity contribution in [1.82, 2.24) is 9.88 Å². The van der Waals surface area contributed by atoms with E-state index in [1.54, 1.807) is 0 Å². The molecule has 2 saturated heterocycles. The molecular weight excluding hydrogens is 414 g/mol. The highest BCUT2D eigenvalue weighted by atomic mass is 15.2. The minimum atomic E-state index is 0.437. The monoisotopic (exact) mass is 449 g/mol. The molecule has 0 bridgehead atoms. The predicted molar refractivity (Wildman–Crippen MR) is 141 cm³/mol. The number of pyridine rings is 1. The van der Waals surface area contributed by atoms with Gasteiger partial charge in [-0.3, -0.25) is 4.98 Å². The Morgan fingerprint density at radius 2 is 1.71 bits per heavy atom. The molecule has 6 rings (SSSR count). The van der Waals surface area contributed by atoms with E-state index in [4.69, 9.17) is 0 Å². The third kappa shape index (κ3) is 3.81. The number of hydrogen-bond acceptors (Lipinski definition) is 3. The van der Waals surface area contributed by atoms with Gasteiger partial charge in [0.15, 0.2) is 0 Å². The van der Waals surface area contributed by atoms with Gasteiger partial charge in [-0.15, -0.1) is 0 Å². The first-order valence-corrected chi connectivity index (χ1v) is 12.9. The Balaban J connectivity index is 1.16. The van der Waals surface area contributed by atoms with E-state index in [0.717, 1.165) is 26.2 Å². The second kappa shape index (κ2) is 8.61. The Kier molecular flexibility index (Phi) is 5.44. The molecule has 2 aromatic carbocycles. The quantitative estimate of drug-likeness (QED) is 0.457. The van der Waals surface area contributed by atoms with Crippen LogP contribution in [0.2, 0.25) is 0 Å². The highest BCUT2D eigenvalue weighted by Crippen LogP contribution is 2.45. The molecule has 0 saturated carbocycles. The van der Waals surface area contributed by atoms with Crippen molar-refractivity contribution < 1.29 is 0 Å². The molecular formula is C31H35N3. The van der Waals surface area contributed by atoms with Crippen LogP contribution in [0.3, 0.4) is 0 Å². The van der Waals surface area contributed by atoms with Gasteiger partial charge in [0.2, 0.25) is 0 Å². The van der Waals surface area contributed by atoms with Crippen LogP contribution >= 0.6 is 0 Å². The van der Waals surface area contributed by atoms with Gasteiger partial charge in [0, 0.05) is 55.9 Å².